The molecule has 0 saturated carbocycles. The van der Waals surface area contributed by atoms with E-state index in [2.05, 4.69) is 5.32 Å². The van der Waals surface area contributed by atoms with Gasteiger partial charge in [-0.3, -0.25) is 4.79 Å². The van der Waals surface area contributed by atoms with Gasteiger partial charge in [0.2, 0.25) is 0 Å². The summed E-state index contributed by atoms with van der Waals surface area (Å²) in [4.78, 5) is 24.5. The van der Waals surface area contributed by atoms with Crippen molar-refractivity contribution in [1.82, 2.24) is 0 Å². The molecule has 2 rings (SSSR count). The minimum atomic E-state index is -1.01. The fraction of sp³-hybridized carbons (Fsp3) is 0.222. The van der Waals surface area contributed by atoms with Gasteiger partial charge in [0.25, 0.3) is 5.91 Å². The number of hydrogen-bond donors (Lipinski definition) is 1. The van der Waals surface area contributed by atoms with Crippen LogP contribution in [-0.4, -0.2) is 32.2 Å². The third kappa shape index (κ3) is 4.87. The largest absolute Gasteiger partial charge is 0.497 e. The number of esters is 1. The lowest BCUT2D eigenvalue weighted by molar-refractivity contribution is -0.123. The van der Waals surface area contributed by atoms with Crippen molar-refractivity contribution in [2.45, 2.75) is 13.0 Å². The van der Waals surface area contributed by atoms with Crippen molar-refractivity contribution >= 4 is 29.2 Å². The van der Waals surface area contributed by atoms with Crippen molar-refractivity contribution in [3.05, 3.63) is 53.1 Å². The number of carbonyl (C=O) groups excluding carboxylic acids is 2. The van der Waals surface area contributed by atoms with Gasteiger partial charge in [0, 0.05) is 10.7 Å². The summed E-state index contributed by atoms with van der Waals surface area (Å²) in [6, 6.07) is 11.4. The summed E-state index contributed by atoms with van der Waals surface area (Å²) in [6.45, 7) is 1.48. The number of carbonyl (C=O) groups is 2. The average molecular weight is 364 g/mol. The molecule has 0 spiro atoms. The molecule has 0 saturated heterocycles. The zero-order valence-corrected chi connectivity index (χ0v) is 14.8. The average Bonchev–Trinajstić information content (AvgIpc) is 2.60. The fourth-order valence-corrected chi connectivity index (χ4v) is 2.25. The van der Waals surface area contributed by atoms with E-state index in [1.165, 1.54) is 27.2 Å². The summed E-state index contributed by atoms with van der Waals surface area (Å²) < 4.78 is 15.5. The van der Waals surface area contributed by atoms with Crippen molar-refractivity contribution in [2.75, 3.05) is 19.5 Å². The summed E-state index contributed by atoms with van der Waals surface area (Å²) in [5.41, 5.74) is 0.684. The summed E-state index contributed by atoms with van der Waals surface area (Å²) in [7, 11) is 2.92. The summed E-state index contributed by atoms with van der Waals surface area (Å²) in [6.07, 6.45) is -1.01. The molecule has 1 atom stereocenters. The highest BCUT2D eigenvalue weighted by atomic mass is 35.5. The van der Waals surface area contributed by atoms with Crippen molar-refractivity contribution in [3.63, 3.8) is 0 Å². The molecule has 0 aromatic heterocycles. The van der Waals surface area contributed by atoms with E-state index < -0.39 is 18.0 Å². The van der Waals surface area contributed by atoms with E-state index in [4.69, 9.17) is 25.8 Å². The van der Waals surface area contributed by atoms with Crippen molar-refractivity contribution in [1.29, 1.82) is 0 Å². The second kappa shape index (κ2) is 8.39. The number of methoxy groups -OCH3 is 2. The Bertz CT molecular complexity index is 778. The first kappa shape index (κ1) is 18.6. The zero-order valence-electron chi connectivity index (χ0n) is 14.0. The predicted octanol–water partition coefficient (Wildman–Crippen LogP) is 3.54. The summed E-state index contributed by atoms with van der Waals surface area (Å²) in [5.74, 6) is -0.362. The topological polar surface area (TPSA) is 73.9 Å². The number of ether oxygens (including phenoxy) is 3. The molecule has 0 fully saturated rings. The van der Waals surface area contributed by atoms with Crippen molar-refractivity contribution in [2.24, 2.45) is 0 Å². The van der Waals surface area contributed by atoms with Gasteiger partial charge in [0.1, 0.15) is 17.1 Å². The fourth-order valence-electron chi connectivity index (χ4n) is 2.06. The van der Waals surface area contributed by atoms with Gasteiger partial charge in [-0.15, -0.1) is 0 Å². The Hall–Kier alpha value is -2.73. The van der Waals surface area contributed by atoms with Crippen LogP contribution in [0.4, 0.5) is 5.69 Å². The zero-order chi connectivity index (χ0) is 18.4. The number of hydrogen-bond acceptors (Lipinski definition) is 5. The maximum Gasteiger partial charge on any atom is 0.342 e. The highest BCUT2D eigenvalue weighted by Gasteiger charge is 2.22. The van der Waals surface area contributed by atoms with Gasteiger partial charge in [-0.05, 0) is 43.3 Å². The van der Waals surface area contributed by atoms with E-state index in [9.17, 15) is 9.59 Å². The number of benzene rings is 2. The van der Waals surface area contributed by atoms with Crippen molar-refractivity contribution in [3.8, 4) is 11.5 Å². The van der Waals surface area contributed by atoms with Crippen LogP contribution in [0.25, 0.3) is 0 Å². The van der Waals surface area contributed by atoms with Crippen LogP contribution in [0, 0.1) is 0 Å². The van der Waals surface area contributed by atoms with E-state index in [1.54, 1.807) is 36.4 Å². The predicted molar refractivity (Wildman–Crippen MR) is 94.5 cm³/mol. The number of rotatable bonds is 6. The van der Waals surface area contributed by atoms with Crippen LogP contribution in [0.5, 0.6) is 11.5 Å². The van der Waals surface area contributed by atoms with Crippen LogP contribution in [0.3, 0.4) is 0 Å². The van der Waals surface area contributed by atoms with E-state index in [1.807, 2.05) is 0 Å². The molecule has 132 valence electrons. The van der Waals surface area contributed by atoms with Crippen LogP contribution in [0.2, 0.25) is 5.02 Å². The van der Waals surface area contributed by atoms with Gasteiger partial charge >= 0.3 is 5.97 Å². The minimum absolute atomic E-state index is 0.171. The molecule has 7 heteroatoms. The molecule has 0 aliphatic rings. The molecule has 0 aliphatic carbocycles. The second-order valence-corrected chi connectivity index (χ2v) is 5.55. The highest BCUT2D eigenvalue weighted by Crippen LogP contribution is 2.25. The molecule has 1 amide bonds. The SMILES string of the molecule is COc1ccc(OC)c(C(=O)O[C@@H](C)C(=O)Nc2cccc(Cl)c2)c1. The monoisotopic (exact) mass is 363 g/mol. The first-order chi connectivity index (χ1) is 11.9. The van der Waals surface area contributed by atoms with Crippen LogP contribution in [0.1, 0.15) is 17.3 Å². The maximum atomic E-state index is 12.4. The smallest absolute Gasteiger partial charge is 0.342 e. The molecule has 0 heterocycles. The standard InChI is InChI=1S/C18H18ClNO5/c1-11(17(21)20-13-6-4-5-12(19)9-13)25-18(22)15-10-14(23-2)7-8-16(15)24-3/h4-11H,1-3H3,(H,20,21)/t11-/m0/s1. The molecule has 0 bridgehead atoms. The molecular weight excluding hydrogens is 346 g/mol. The number of halogens is 1. The Morgan fingerprint density at radius 3 is 2.48 bits per heavy atom. The third-order valence-electron chi connectivity index (χ3n) is 3.37. The van der Waals surface area contributed by atoms with Gasteiger partial charge < -0.3 is 19.5 Å². The molecule has 0 radical (unpaired) electrons. The normalized spacial score (nSPS) is 11.4. The quantitative estimate of drug-likeness (QED) is 0.794. The lowest BCUT2D eigenvalue weighted by Gasteiger charge is -2.15. The number of anilines is 1. The first-order valence-corrected chi connectivity index (χ1v) is 7.82. The lowest BCUT2D eigenvalue weighted by atomic mass is 10.2. The summed E-state index contributed by atoms with van der Waals surface area (Å²) >= 11 is 5.87. The lowest BCUT2D eigenvalue weighted by Crippen LogP contribution is -2.30. The Balaban J connectivity index is 2.08. The Labute approximate surface area is 150 Å². The molecular formula is C18H18ClNO5. The van der Waals surface area contributed by atoms with E-state index >= 15 is 0 Å². The number of amides is 1. The Morgan fingerprint density at radius 1 is 1.08 bits per heavy atom. The van der Waals surface area contributed by atoms with Gasteiger partial charge in [-0.1, -0.05) is 17.7 Å². The number of nitrogens with one attached hydrogen (secondary N) is 1. The Kier molecular flexibility index (Phi) is 6.25. The third-order valence-corrected chi connectivity index (χ3v) is 3.61. The second-order valence-electron chi connectivity index (χ2n) is 5.11. The minimum Gasteiger partial charge on any atom is -0.497 e. The molecule has 25 heavy (non-hydrogen) atoms. The van der Waals surface area contributed by atoms with Gasteiger partial charge in [-0.25, -0.2) is 4.79 Å². The Morgan fingerprint density at radius 2 is 1.84 bits per heavy atom. The van der Waals surface area contributed by atoms with E-state index in [0.717, 1.165) is 0 Å². The molecule has 2 aromatic rings. The maximum absolute atomic E-state index is 12.4. The van der Waals surface area contributed by atoms with Crippen molar-refractivity contribution < 1.29 is 23.8 Å². The van der Waals surface area contributed by atoms with E-state index in [0.29, 0.717) is 22.2 Å². The molecule has 0 aliphatic heterocycles. The van der Waals surface area contributed by atoms with Crippen LogP contribution in [0.15, 0.2) is 42.5 Å². The van der Waals surface area contributed by atoms with E-state index in [-0.39, 0.29) is 5.56 Å². The molecule has 1 N–H and O–H groups in total. The molecule has 2 aromatic carbocycles. The van der Waals surface area contributed by atoms with Crippen LogP contribution in [-0.2, 0) is 9.53 Å². The van der Waals surface area contributed by atoms with Crippen LogP contribution >= 0.6 is 11.6 Å². The van der Waals surface area contributed by atoms with Gasteiger partial charge in [-0.2, -0.15) is 0 Å². The highest BCUT2D eigenvalue weighted by molar-refractivity contribution is 6.30. The molecule has 0 unspecified atom stereocenters. The van der Waals surface area contributed by atoms with Gasteiger partial charge in [0.05, 0.1) is 14.2 Å². The van der Waals surface area contributed by atoms with Crippen LogP contribution < -0.4 is 14.8 Å². The summed E-state index contributed by atoms with van der Waals surface area (Å²) in [5, 5.41) is 3.12. The first-order valence-electron chi connectivity index (χ1n) is 7.44. The van der Waals surface area contributed by atoms with Gasteiger partial charge in [0.15, 0.2) is 6.10 Å². The molecule has 6 nitrogen and oxygen atoms in total.